The van der Waals surface area contributed by atoms with Gasteiger partial charge in [0.1, 0.15) is 17.2 Å². The van der Waals surface area contributed by atoms with Gasteiger partial charge in [-0.25, -0.2) is 8.78 Å². The van der Waals surface area contributed by atoms with E-state index in [1.165, 1.54) is 7.11 Å². The molecule has 24 heavy (non-hydrogen) atoms. The molecule has 0 radical (unpaired) electrons. The Morgan fingerprint density at radius 1 is 0.958 bits per heavy atom. The molecule has 0 saturated heterocycles. The molecule has 0 atom stereocenters. The van der Waals surface area contributed by atoms with Gasteiger partial charge in [0.25, 0.3) is 11.8 Å². The van der Waals surface area contributed by atoms with Crippen LogP contribution in [-0.2, 0) is 4.79 Å². The van der Waals surface area contributed by atoms with Crippen LogP contribution in [-0.4, -0.2) is 25.5 Å². The Morgan fingerprint density at radius 3 is 2.21 bits per heavy atom. The van der Waals surface area contributed by atoms with Crippen molar-refractivity contribution in [3.8, 4) is 11.5 Å². The van der Waals surface area contributed by atoms with E-state index in [1.54, 1.807) is 24.3 Å². The van der Waals surface area contributed by atoms with Crippen molar-refractivity contribution in [2.24, 2.45) is 0 Å². The normalized spacial score (nSPS) is 9.96. The van der Waals surface area contributed by atoms with Gasteiger partial charge in [0.05, 0.1) is 7.11 Å². The number of ether oxygens (including phenoxy) is 2. The summed E-state index contributed by atoms with van der Waals surface area (Å²) in [4.78, 5) is 23.3. The van der Waals surface area contributed by atoms with Crippen molar-refractivity contribution < 1.29 is 27.8 Å². The summed E-state index contributed by atoms with van der Waals surface area (Å²) in [5.41, 5.74) is 3.13. The van der Waals surface area contributed by atoms with Crippen LogP contribution in [0.5, 0.6) is 11.5 Å². The molecular formula is C16H14F2N2O4. The first-order valence-corrected chi connectivity index (χ1v) is 6.82. The van der Waals surface area contributed by atoms with Crippen LogP contribution in [0.2, 0.25) is 0 Å². The fourth-order valence-electron chi connectivity index (χ4n) is 1.82. The van der Waals surface area contributed by atoms with E-state index in [2.05, 4.69) is 0 Å². The predicted octanol–water partition coefficient (Wildman–Crippen LogP) is 1.81. The number of hydrogen-bond acceptors (Lipinski definition) is 4. The van der Waals surface area contributed by atoms with Gasteiger partial charge >= 0.3 is 0 Å². The maximum absolute atomic E-state index is 13.4. The van der Waals surface area contributed by atoms with E-state index in [4.69, 9.17) is 9.47 Å². The van der Waals surface area contributed by atoms with Gasteiger partial charge in [-0.2, -0.15) is 0 Å². The minimum absolute atomic E-state index is 0.335. The van der Waals surface area contributed by atoms with Crippen LogP contribution in [0.15, 0.2) is 42.5 Å². The van der Waals surface area contributed by atoms with Crippen LogP contribution >= 0.6 is 0 Å². The average molecular weight is 336 g/mol. The van der Waals surface area contributed by atoms with E-state index >= 15 is 0 Å². The molecule has 0 aliphatic heterocycles. The minimum Gasteiger partial charge on any atom is -0.493 e. The zero-order valence-electron chi connectivity index (χ0n) is 12.6. The number of hydrogen-bond donors (Lipinski definition) is 2. The van der Waals surface area contributed by atoms with Gasteiger partial charge < -0.3 is 9.47 Å². The number of rotatable bonds is 5. The van der Waals surface area contributed by atoms with Gasteiger partial charge in [0, 0.05) is 0 Å². The number of amides is 2. The first-order chi connectivity index (χ1) is 11.5. The van der Waals surface area contributed by atoms with Crippen molar-refractivity contribution in [1.29, 1.82) is 0 Å². The zero-order valence-corrected chi connectivity index (χ0v) is 12.6. The molecule has 2 aromatic rings. The fraction of sp³-hybridized carbons (Fsp3) is 0.125. The van der Waals surface area contributed by atoms with Crippen molar-refractivity contribution in [3.63, 3.8) is 0 Å². The second kappa shape index (κ2) is 7.91. The number of nitrogens with one attached hydrogen (secondary N) is 2. The lowest BCUT2D eigenvalue weighted by Gasteiger charge is -2.11. The van der Waals surface area contributed by atoms with Gasteiger partial charge in [-0.15, -0.1) is 0 Å². The summed E-state index contributed by atoms with van der Waals surface area (Å²) in [6, 6.07) is 9.67. The molecule has 0 heterocycles. The van der Waals surface area contributed by atoms with E-state index in [1.807, 2.05) is 10.9 Å². The molecule has 0 spiro atoms. The molecule has 0 aliphatic rings. The standard InChI is InChI=1S/C16H14F2N2O4/c1-23-12-7-2-3-8-13(12)24-9-14(21)19-20-16(22)15-10(17)5-4-6-11(15)18/h2-8H,9H2,1H3,(H,19,21)(H,20,22). The monoisotopic (exact) mass is 336 g/mol. The van der Waals surface area contributed by atoms with Gasteiger partial charge in [-0.1, -0.05) is 18.2 Å². The Hall–Kier alpha value is -3.16. The van der Waals surface area contributed by atoms with Crippen LogP contribution in [0.3, 0.4) is 0 Å². The Kier molecular flexibility index (Phi) is 5.67. The summed E-state index contributed by atoms with van der Waals surface area (Å²) in [7, 11) is 1.45. The van der Waals surface area contributed by atoms with Crippen LogP contribution in [0.25, 0.3) is 0 Å². The maximum Gasteiger partial charge on any atom is 0.276 e. The van der Waals surface area contributed by atoms with Gasteiger partial charge in [0.2, 0.25) is 0 Å². The Balaban J connectivity index is 1.88. The Morgan fingerprint density at radius 2 is 1.58 bits per heavy atom. The Bertz CT molecular complexity index is 732. The lowest BCUT2D eigenvalue weighted by Crippen LogP contribution is -2.44. The third-order valence-electron chi connectivity index (χ3n) is 2.93. The summed E-state index contributed by atoms with van der Waals surface area (Å²) < 4.78 is 37.1. The molecule has 0 unspecified atom stereocenters. The molecule has 6 nitrogen and oxygen atoms in total. The number of benzene rings is 2. The number of halogens is 2. The highest BCUT2D eigenvalue weighted by Crippen LogP contribution is 2.25. The lowest BCUT2D eigenvalue weighted by molar-refractivity contribution is -0.123. The summed E-state index contributed by atoms with van der Waals surface area (Å²) in [5.74, 6) is -3.13. The van der Waals surface area contributed by atoms with Crippen molar-refractivity contribution in [2.45, 2.75) is 0 Å². The quantitative estimate of drug-likeness (QED) is 0.817. The van der Waals surface area contributed by atoms with Gasteiger partial charge in [0.15, 0.2) is 18.1 Å². The molecule has 0 aromatic heterocycles. The van der Waals surface area contributed by atoms with Crippen molar-refractivity contribution >= 4 is 11.8 Å². The molecule has 8 heteroatoms. The first kappa shape index (κ1) is 17.2. The molecule has 2 amide bonds. The average Bonchev–Trinajstić information content (AvgIpc) is 2.58. The highest BCUT2D eigenvalue weighted by atomic mass is 19.1. The first-order valence-electron chi connectivity index (χ1n) is 6.82. The largest absolute Gasteiger partial charge is 0.493 e. The van der Waals surface area contributed by atoms with Gasteiger partial charge in [-0.3, -0.25) is 20.4 Å². The van der Waals surface area contributed by atoms with Gasteiger partial charge in [-0.05, 0) is 24.3 Å². The molecule has 0 fully saturated rings. The molecule has 2 N–H and O–H groups in total. The molecular weight excluding hydrogens is 322 g/mol. The highest BCUT2D eigenvalue weighted by molar-refractivity contribution is 5.95. The molecule has 0 bridgehead atoms. The highest BCUT2D eigenvalue weighted by Gasteiger charge is 2.17. The third-order valence-corrected chi connectivity index (χ3v) is 2.93. The molecule has 0 aliphatic carbocycles. The molecule has 0 saturated carbocycles. The second-order valence-electron chi connectivity index (χ2n) is 4.54. The smallest absolute Gasteiger partial charge is 0.276 e. The SMILES string of the molecule is COc1ccccc1OCC(=O)NNC(=O)c1c(F)cccc1F. The van der Waals surface area contributed by atoms with Crippen LogP contribution < -0.4 is 20.3 Å². The van der Waals surface area contributed by atoms with Crippen LogP contribution in [0.4, 0.5) is 8.78 Å². The third kappa shape index (κ3) is 4.19. The molecule has 126 valence electrons. The summed E-state index contributed by atoms with van der Waals surface area (Å²) in [5, 5.41) is 0. The van der Waals surface area contributed by atoms with E-state index in [0.29, 0.717) is 11.5 Å². The van der Waals surface area contributed by atoms with Crippen LogP contribution in [0, 0.1) is 11.6 Å². The lowest BCUT2D eigenvalue weighted by atomic mass is 10.2. The van der Waals surface area contributed by atoms with E-state index < -0.39 is 35.6 Å². The van der Waals surface area contributed by atoms with Crippen molar-refractivity contribution in [2.75, 3.05) is 13.7 Å². The number of methoxy groups -OCH3 is 1. The van der Waals surface area contributed by atoms with E-state index in [9.17, 15) is 18.4 Å². The maximum atomic E-state index is 13.4. The minimum atomic E-state index is -1.11. The topological polar surface area (TPSA) is 76.7 Å². The summed E-state index contributed by atoms with van der Waals surface area (Å²) in [6.45, 7) is -0.430. The summed E-state index contributed by atoms with van der Waals surface area (Å²) >= 11 is 0. The van der Waals surface area contributed by atoms with E-state index in [0.717, 1.165) is 18.2 Å². The number of carbonyl (C=O) groups is 2. The number of carbonyl (C=O) groups excluding carboxylic acids is 2. The fourth-order valence-corrected chi connectivity index (χ4v) is 1.82. The van der Waals surface area contributed by atoms with E-state index in [-0.39, 0.29) is 0 Å². The number of para-hydroxylation sites is 2. The van der Waals surface area contributed by atoms with Crippen LogP contribution in [0.1, 0.15) is 10.4 Å². The number of hydrazine groups is 1. The second-order valence-corrected chi connectivity index (χ2v) is 4.54. The Labute approximate surface area is 136 Å². The molecule has 2 aromatic carbocycles. The molecule has 2 rings (SSSR count). The predicted molar refractivity (Wildman–Crippen MR) is 80.5 cm³/mol. The summed E-state index contributed by atoms with van der Waals surface area (Å²) in [6.07, 6.45) is 0. The van der Waals surface area contributed by atoms with Crippen molar-refractivity contribution in [1.82, 2.24) is 10.9 Å². The zero-order chi connectivity index (χ0) is 17.5. The van der Waals surface area contributed by atoms with Crippen molar-refractivity contribution in [3.05, 3.63) is 59.7 Å².